The highest BCUT2D eigenvalue weighted by Crippen LogP contribution is 2.19. The molecule has 0 saturated carbocycles. The fourth-order valence-electron chi connectivity index (χ4n) is 1.76. The molecule has 94 valence electrons. The molecule has 0 bridgehead atoms. The smallest absolute Gasteiger partial charge is 0.231 e. The van der Waals surface area contributed by atoms with Crippen LogP contribution in [0.4, 0.5) is 0 Å². The predicted molar refractivity (Wildman–Crippen MR) is 67.2 cm³/mol. The molecule has 0 unspecified atom stereocenters. The second kappa shape index (κ2) is 5.01. The number of primary amides is 1. The lowest BCUT2D eigenvalue weighted by atomic mass is 10.2. The van der Waals surface area contributed by atoms with E-state index in [1.807, 2.05) is 18.2 Å². The molecule has 0 fully saturated rings. The average molecular weight is 246 g/mol. The molecule has 0 aliphatic carbocycles. The quantitative estimate of drug-likeness (QED) is 0.799. The molecular weight excluding hydrogens is 232 g/mol. The van der Waals surface area contributed by atoms with E-state index in [1.165, 1.54) is 0 Å². The first kappa shape index (κ1) is 12.3. The molecule has 1 aromatic heterocycles. The number of fused-ring (bicyclic) bond motifs is 1. The molecule has 0 saturated heterocycles. The van der Waals surface area contributed by atoms with Crippen LogP contribution < -0.4 is 5.73 Å². The number of carbonyl (C=O) groups excluding carboxylic acids is 2. The lowest BCUT2D eigenvalue weighted by Gasteiger charge is -2.11. The minimum atomic E-state index is -0.463. The fraction of sp³-hybridized carbons (Fsp3) is 0.231. The number of likely N-dealkylation sites (N-methyl/N-ethyl adjacent to an activating group) is 1. The second-order valence-corrected chi connectivity index (χ2v) is 4.21. The first-order valence-electron chi connectivity index (χ1n) is 5.55. The maximum atomic E-state index is 11.9. The summed E-state index contributed by atoms with van der Waals surface area (Å²) in [5.41, 5.74) is 5.73. The Morgan fingerprint density at radius 3 is 2.67 bits per heavy atom. The number of furan rings is 1. The molecule has 0 atom stereocenters. The van der Waals surface area contributed by atoms with Crippen molar-refractivity contribution < 1.29 is 14.0 Å². The van der Waals surface area contributed by atoms with E-state index in [4.69, 9.17) is 10.2 Å². The maximum absolute atomic E-state index is 11.9. The van der Waals surface area contributed by atoms with Crippen molar-refractivity contribution in [3.63, 3.8) is 0 Å². The molecule has 2 N–H and O–H groups in total. The zero-order valence-corrected chi connectivity index (χ0v) is 10.1. The number of rotatable bonds is 5. The number of hydrogen-bond acceptors (Lipinski definition) is 4. The van der Waals surface area contributed by atoms with Crippen molar-refractivity contribution in [2.24, 2.45) is 5.73 Å². The molecule has 0 spiro atoms. The summed E-state index contributed by atoms with van der Waals surface area (Å²) < 4.78 is 5.44. The number of nitrogens with two attached hydrogens (primary N) is 1. The van der Waals surface area contributed by atoms with Crippen molar-refractivity contribution in [3.8, 4) is 0 Å². The van der Waals surface area contributed by atoms with Gasteiger partial charge in [0.05, 0.1) is 13.1 Å². The molecule has 0 aliphatic rings. The van der Waals surface area contributed by atoms with Crippen LogP contribution in [-0.4, -0.2) is 36.7 Å². The lowest BCUT2D eigenvalue weighted by molar-refractivity contribution is -0.118. The number of para-hydroxylation sites is 1. The van der Waals surface area contributed by atoms with E-state index >= 15 is 0 Å². The number of nitrogens with zero attached hydrogens (tertiary/aromatic N) is 1. The Morgan fingerprint density at radius 2 is 2.00 bits per heavy atom. The SMILES string of the molecule is CN(CC(N)=O)CC(=O)c1cc2ccccc2o1. The van der Waals surface area contributed by atoms with Gasteiger partial charge >= 0.3 is 0 Å². The minimum Gasteiger partial charge on any atom is -0.453 e. The number of benzene rings is 1. The first-order chi connectivity index (χ1) is 8.56. The van der Waals surface area contributed by atoms with Crippen molar-refractivity contribution in [1.29, 1.82) is 0 Å². The van der Waals surface area contributed by atoms with Gasteiger partial charge in [0.2, 0.25) is 11.7 Å². The summed E-state index contributed by atoms with van der Waals surface area (Å²) in [4.78, 5) is 24.2. The van der Waals surface area contributed by atoms with E-state index in [-0.39, 0.29) is 18.9 Å². The van der Waals surface area contributed by atoms with Gasteiger partial charge in [-0.25, -0.2) is 0 Å². The van der Waals surface area contributed by atoms with Gasteiger partial charge in [-0.3, -0.25) is 14.5 Å². The summed E-state index contributed by atoms with van der Waals surface area (Å²) >= 11 is 0. The Hall–Kier alpha value is -2.14. The zero-order chi connectivity index (χ0) is 13.1. The number of ketones is 1. The molecule has 1 aromatic carbocycles. The normalized spacial score (nSPS) is 11.0. The number of hydrogen-bond donors (Lipinski definition) is 1. The molecular formula is C13H14N2O3. The van der Waals surface area contributed by atoms with Crippen molar-refractivity contribution in [1.82, 2.24) is 4.90 Å². The fourth-order valence-corrected chi connectivity index (χ4v) is 1.76. The van der Waals surface area contributed by atoms with E-state index < -0.39 is 5.91 Å². The highest BCUT2D eigenvalue weighted by atomic mass is 16.3. The second-order valence-electron chi connectivity index (χ2n) is 4.21. The van der Waals surface area contributed by atoms with Crippen LogP contribution in [0.2, 0.25) is 0 Å². The van der Waals surface area contributed by atoms with Crippen LogP contribution in [0.3, 0.4) is 0 Å². The molecule has 5 nitrogen and oxygen atoms in total. The summed E-state index contributed by atoms with van der Waals surface area (Å²) in [6.07, 6.45) is 0. The third-order valence-corrected chi connectivity index (χ3v) is 2.54. The van der Waals surface area contributed by atoms with E-state index in [0.29, 0.717) is 11.3 Å². The molecule has 1 amide bonds. The minimum absolute atomic E-state index is 0.0476. The van der Waals surface area contributed by atoms with Gasteiger partial charge in [0.1, 0.15) is 5.58 Å². The van der Waals surface area contributed by atoms with Gasteiger partial charge in [0.15, 0.2) is 5.76 Å². The Balaban J connectivity index is 2.11. The maximum Gasteiger partial charge on any atom is 0.231 e. The van der Waals surface area contributed by atoms with E-state index in [2.05, 4.69) is 0 Å². The highest BCUT2D eigenvalue weighted by molar-refractivity contribution is 5.99. The molecule has 2 aromatic rings. The summed E-state index contributed by atoms with van der Waals surface area (Å²) in [6.45, 7) is 0.148. The highest BCUT2D eigenvalue weighted by Gasteiger charge is 2.15. The molecule has 18 heavy (non-hydrogen) atoms. The monoisotopic (exact) mass is 246 g/mol. The molecule has 0 aliphatic heterocycles. The van der Waals surface area contributed by atoms with Crippen LogP contribution in [0.15, 0.2) is 34.7 Å². The van der Waals surface area contributed by atoms with Gasteiger partial charge < -0.3 is 10.2 Å². The van der Waals surface area contributed by atoms with Crippen molar-refractivity contribution in [3.05, 3.63) is 36.1 Å². The van der Waals surface area contributed by atoms with Crippen LogP contribution in [0, 0.1) is 0 Å². The first-order valence-corrected chi connectivity index (χ1v) is 5.55. The lowest BCUT2D eigenvalue weighted by Crippen LogP contribution is -2.34. The van der Waals surface area contributed by atoms with Gasteiger partial charge in [0, 0.05) is 5.39 Å². The topological polar surface area (TPSA) is 76.5 Å². The Bertz CT molecular complexity index is 556. The van der Waals surface area contributed by atoms with Gasteiger partial charge in [-0.05, 0) is 19.2 Å². The van der Waals surface area contributed by atoms with Crippen molar-refractivity contribution in [2.75, 3.05) is 20.1 Å². The van der Waals surface area contributed by atoms with Crippen LogP contribution in [-0.2, 0) is 4.79 Å². The van der Waals surface area contributed by atoms with E-state index in [9.17, 15) is 9.59 Å². The Morgan fingerprint density at radius 1 is 1.28 bits per heavy atom. The Labute approximate surface area is 104 Å². The summed E-state index contributed by atoms with van der Waals surface area (Å²) in [5, 5.41) is 0.887. The largest absolute Gasteiger partial charge is 0.453 e. The van der Waals surface area contributed by atoms with Crippen LogP contribution in [0.5, 0.6) is 0 Å². The standard InChI is InChI=1S/C13H14N2O3/c1-15(8-13(14)17)7-10(16)12-6-9-4-2-3-5-11(9)18-12/h2-6H,7-8H2,1H3,(H2,14,17). The summed E-state index contributed by atoms with van der Waals surface area (Å²) in [6, 6.07) is 9.11. The number of Topliss-reactive ketones (excluding diaryl/α,β-unsaturated/α-hetero) is 1. The van der Waals surface area contributed by atoms with Crippen molar-refractivity contribution >= 4 is 22.7 Å². The van der Waals surface area contributed by atoms with Gasteiger partial charge in [0.25, 0.3) is 0 Å². The molecule has 2 rings (SSSR count). The number of amides is 1. The summed E-state index contributed by atoms with van der Waals surface area (Å²) in [5.74, 6) is -0.336. The van der Waals surface area contributed by atoms with E-state index in [1.54, 1.807) is 24.1 Å². The van der Waals surface area contributed by atoms with Gasteiger partial charge in [-0.1, -0.05) is 18.2 Å². The molecule has 0 radical (unpaired) electrons. The third-order valence-electron chi connectivity index (χ3n) is 2.54. The van der Waals surface area contributed by atoms with E-state index in [0.717, 1.165) is 5.39 Å². The summed E-state index contributed by atoms with van der Waals surface area (Å²) in [7, 11) is 1.66. The van der Waals surface area contributed by atoms with Crippen LogP contribution >= 0.6 is 0 Å². The third kappa shape index (κ3) is 2.75. The van der Waals surface area contributed by atoms with Gasteiger partial charge in [-0.2, -0.15) is 0 Å². The zero-order valence-electron chi connectivity index (χ0n) is 10.1. The molecule has 5 heteroatoms. The average Bonchev–Trinajstić information content (AvgIpc) is 2.71. The number of carbonyl (C=O) groups is 2. The van der Waals surface area contributed by atoms with Crippen LogP contribution in [0.1, 0.15) is 10.6 Å². The van der Waals surface area contributed by atoms with Crippen LogP contribution in [0.25, 0.3) is 11.0 Å². The Kier molecular flexibility index (Phi) is 3.43. The molecule has 1 heterocycles. The van der Waals surface area contributed by atoms with Gasteiger partial charge in [-0.15, -0.1) is 0 Å². The van der Waals surface area contributed by atoms with Crippen molar-refractivity contribution in [2.45, 2.75) is 0 Å². The predicted octanol–water partition coefficient (Wildman–Crippen LogP) is 1.03.